The fourth-order valence-electron chi connectivity index (χ4n) is 4.99. The molecule has 4 rings (SSSR count). The maximum Gasteiger partial charge on any atom is 0.319 e. The highest BCUT2D eigenvalue weighted by atomic mass is 19.1. The van der Waals surface area contributed by atoms with Gasteiger partial charge in [-0.3, -0.25) is 14.5 Å². The van der Waals surface area contributed by atoms with Crippen molar-refractivity contribution < 1.29 is 18.8 Å². The molecule has 2 fully saturated rings. The number of nitrogens with one attached hydrogen (secondary N) is 2. The van der Waals surface area contributed by atoms with Gasteiger partial charge >= 0.3 is 6.03 Å². The van der Waals surface area contributed by atoms with Crippen LogP contribution in [0.2, 0.25) is 0 Å². The van der Waals surface area contributed by atoms with Gasteiger partial charge < -0.3 is 15.5 Å². The number of hydrogen-bond acceptors (Lipinski definition) is 4. The van der Waals surface area contributed by atoms with Crippen molar-refractivity contribution in [2.45, 2.75) is 45.2 Å². The molecule has 2 aromatic carbocycles. The van der Waals surface area contributed by atoms with Crippen LogP contribution < -0.4 is 10.6 Å². The Hall–Kier alpha value is -3.26. The van der Waals surface area contributed by atoms with E-state index in [-0.39, 0.29) is 35.5 Å². The number of rotatable bonds is 7. The minimum atomic E-state index is -0.279. The van der Waals surface area contributed by atoms with Gasteiger partial charge in [-0.2, -0.15) is 0 Å². The lowest BCUT2D eigenvalue weighted by Gasteiger charge is -2.39. The fraction of sp³-hybridized carbons (Fsp3) is 0.444. The van der Waals surface area contributed by atoms with Crippen molar-refractivity contribution in [3.8, 4) is 0 Å². The molecule has 0 aromatic heterocycles. The maximum absolute atomic E-state index is 13.2. The quantitative estimate of drug-likeness (QED) is 0.586. The van der Waals surface area contributed by atoms with Crippen LogP contribution in [0, 0.1) is 11.7 Å². The summed E-state index contributed by atoms with van der Waals surface area (Å²) in [5.74, 6) is 0.0195. The molecule has 1 aliphatic heterocycles. The van der Waals surface area contributed by atoms with Crippen molar-refractivity contribution in [3.63, 3.8) is 0 Å². The Kier molecular flexibility index (Phi) is 8.13. The van der Waals surface area contributed by atoms with Crippen molar-refractivity contribution in [3.05, 3.63) is 65.5 Å². The largest absolute Gasteiger partial charge is 0.336 e. The molecular formula is C27H33FN4O3. The van der Waals surface area contributed by atoms with Crippen LogP contribution in [0.3, 0.4) is 0 Å². The number of carbonyl (C=O) groups excluding carboxylic acids is 3. The van der Waals surface area contributed by atoms with Gasteiger partial charge in [-0.25, -0.2) is 9.18 Å². The van der Waals surface area contributed by atoms with E-state index in [0.29, 0.717) is 30.9 Å². The van der Waals surface area contributed by atoms with Crippen LogP contribution in [0.15, 0.2) is 48.5 Å². The number of amides is 3. The minimum Gasteiger partial charge on any atom is -0.336 e. The molecule has 8 heteroatoms. The van der Waals surface area contributed by atoms with Crippen LogP contribution >= 0.6 is 0 Å². The molecule has 0 unspecified atom stereocenters. The molecule has 2 aromatic rings. The normalized spacial score (nSPS) is 21.0. The second-order valence-corrected chi connectivity index (χ2v) is 9.56. The molecule has 186 valence electrons. The van der Waals surface area contributed by atoms with E-state index >= 15 is 0 Å². The van der Waals surface area contributed by atoms with Gasteiger partial charge in [0.1, 0.15) is 5.82 Å². The van der Waals surface area contributed by atoms with Gasteiger partial charge in [0, 0.05) is 43.5 Å². The number of piperazine rings is 1. The molecule has 1 saturated heterocycles. The second kappa shape index (κ2) is 11.4. The van der Waals surface area contributed by atoms with Crippen molar-refractivity contribution in [2.75, 3.05) is 31.5 Å². The lowest BCUT2D eigenvalue weighted by Crippen LogP contribution is -2.53. The molecule has 7 nitrogen and oxygen atoms in total. The van der Waals surface area contributed by atoms with E-state index in [1.165, 1.54) is 19.1 Å². The van der Waals surface area contributed by atoms with Crippen molar-refractivity contribution in [1.82, 2.24) is 15.1 Å². The third-order valence-corrected chi connectivity index (χ3v) is 6.93. The molecule has 2 atom stereocenters. The number of anilines is 1. The predicted molar refractivity (Wildman–Crippen MR) is 133 cm³/mol. The fourth-order valence-corrected chi connectivity index (χ4v) is 4.99. The van der Waals surface area contributed by atoms with E-state index in [2.05, 4.69) is 15.5 Å². The Bertz CT molecular complexity index is 1060. The van der Waals surface area contributed by atoms with E-state index in [0.717, 1.165) is 44.3 Å². The van der Waals surface area contributed by atoms with Crippen LogP contribution in [0.5, 0.6) is 0 Å². The minimum absolute atomic E-state index is 0.0343. The van der Waals surface area contributed by atoms with E-state index < -0.39 is 0 Å². The van der Waals surface area contributed by atoms with Gasteiger partial charge in [0.2, 0.25) is 5.91 Å². The topological polar surface area (TPSA) is 81.8 Å². The molecule has 35 heavy (non-hydrogen) atoms. The zero-order valence-electron chi connectivity index (χ0n) is 20.1. The van der Waals surface area contributed by atoms with E-state index in [4.69, 9.17) is 0 Å². The standard InChI is InChI=1S/C27H33FN4O3/c1-19(33)21-6-4-7-24(15-21)29-27(35)30-25-8-3-2-5-22(25)17-31-13-14-32(26(34)18-31)16-20-9-11-23(28)12-10-20/h4,6-7,9-12,15,22,25H,2-3,5,8,13-14,16-18H2,1H3,(H2,29,30,35)/t22-,25+/m0/s1. The molecule has 0 radical (unpaired) electrons. The Morgan fingerprint density at radius 2 is 1.83 bits per heavy atom. The lowest BCUT2D eigenvalue weighted by atomic mass is 9.84. The highest BCUT2D eigenvalue weighted by Crippen LogP contribution is 2.26. The van der Waals surface area contributed by atoms with Crippen molar-refractivity contribution in [1.29, 1.82) is 0 Å². The zero-order chi connectivity index (χ0) is 24.8. The van der Waals surface area contributed by atoms with Gasteiger partial charge in [-0.1, -0.05) is 37.1 Å². The summed E-state index contributed by atoms with van der Waals surface area (Å²) in [5.41, 5.74) is 2.07. The van der Waals surface area contributed by atoms with Gasteiger partial charge in [0.25, 0.3) is 0 Å². The van der Waals surface area contributed by atoms with Crippen LogP contribution in [0.1, 0.15) is 48.5 Å². The average molecular weight is 481 g/mol. The van der Waals surface area contributed by atoms with E-state index in [1.54, 1.807) is 36.4 Å². The summed E-state index contributed by atoms with van der Waals surface area (Å²) in [5, 5.41) is 5.97. The first-order chi connectivity index (χ1) is 16.9. The van der Waals surface area contributed by atoms with Crippen LogP contribution in [-0.2, 0) is 11.3 Å². The van der Waals surface area contributed by atoms with Gasteiger partial charge in [-0.15, -0.1) is 0 Å². The highest BCUT2D eigenvalue weighted by molar-refractivity contribution is 5.96. The molecule has 1 aliphatic carbocycles. The highest BCUT2D eigenvalue weighted by Gasteiger charge is 2.31. The number of hydrogen-bond donors (Lipinski definition) is 2. The smallest absolute Gasteiger partial charge is 0.319 e. The molecular weight excluding hydrogens is 447 g/mol. The van der Waals surface area contributed by atoms with E-state index in [9.17, 15) is 18.8 Å². The summed E-state index contributed by atoms with van der Waals surface area (Å²) < 4.78 is 13.2. The van der Waals surface area contributed by atoms with Gasteiger partial charge in [-0.05, 0) is 55.5 Å². The number of carbonyl (C=O) groups is 3. The maximum atomic E-state index is 13.2. The summed E-state index contributed by atoms with van der Waals surface area (Å²) in [7, 11) is 0. The van der Waals surface area contributed by atoms with Crippen LogP contribution in [0.25, 0.3) is 0 Å². The molecule has 1 saturated carbocycles. The Balaban J connectivity index is 1.29. The Morgan fingerprint density at radius 3 is 2.57 bits per heavy atom. The van der Waals surface area contributed by atoms with Crippen LogP contribution in [-0.4, -0.2) is 59.7 Å². The number of Topliss-reactive ketones (excluding diaryl/α,β-unsaturated/α-hetero) is 1. The van der Waals surface area contributed by atoms with Gasteiger partial charge in [0.15, 0.2) is 5.78 Å². The lowest BCUT2D eigenvalue weighted by molar-refractivity contribution is -0.137. The number of urea groups is 1. The van der Waals surface area contributed by atoms with Gasteiger partial charge in [0.05, 0.1) is 6.54 Å². The number of nitrogens with zero attached hydrogens (tertiary/aromatic N) is 2. The summed E-state index contributed by atoms with van der Waals surface area (Å²) >= 11 is 0. The first-order valence-corrected chi connectivity index (χ1v) is 12.3. The van der Waals surface area contributed by atoms with E-state index in [1.807, 2.05) is 4.90 Å². The van der Waals surface area contributed by atoms with Crippen molar-refractivity contribution in [2.24, 2.45) is 5.92 Å². The molecule has 2 aliphatic rings. The monoisotopic (exact) mass is 480 g/mol. The first-order valence-electron chi connectivity index (χ1n) is 12.3. The molecule has 3 amide bonds. The summed E-state index contributed by atoms with van der Waals surface area (Å²) in [4.78, 5) is 41.1. The summed E-state index contributed by atoms with van der Waals surface area (Å²) in [6.07, 6.45) is 4.09. The molecule has 0 spiro atoms. The molecule has 1 heterocycles. The molecule has 2 N–H and O–H groups in total. The second-order valence-electron chi connectivity index (χ2n) is 9.56. The Labute approximate surface area is 205 Å². The number of benzene rings is 2. The summed E-state index contributed by atoms with van der Waals surface area (Å²) in [6, 6.07) is 13.0. The SMILES string of the molecule is CC(=O)c1cccc(NC(=O)N[C@@H]2CCCC[C@H]2CN2CCN(Cc3ccc(F)cc3)C(=O)C2)c1. The average Bonchev–Trinajstić information content (AvgIpc) is 2.83. The third kappa shape index (κ3) is 6.88. The van der Waals surface area contributed by atoms with Crippen LogP contribution in [0.4, 0.5) is 14.9 Å². The number of halogens is 1. The van der Waals surface area contributed by atoms with Crippen molar-refractivity contribution >= 4 is 23.4 Å². The Morgan fingerprint density at radius 1 is 1.06 bits per heavy atom. The number of ketones is 1. The third-order valence-electron chi connectivity index (χ3n) is 6.93. The summed E-state index contributed by atoms with van der Waals surface area (Å²) in [6.45, 7) is 4.52. The predicted octanol–water partition coefficient (Wildman–Crippen LogP) is 4.05. The first kappa shape index (κ1) is 24.9. The zero-order valence-corrected chi connectivity index (χ0v) is 20.1. The molecule has 0 bridgehead atoms.